The van der Waals surface area contributed by atoms with E-state index in [1.807, 2.05) is 12.1 Å². The van der Waals surface area contributed by atoms with Gasteiger partial charge in [-0.3, -0.25) is 4.90 Å². The standard InChI is InChI=1S/C11H16N2O/c1-13-5-6-14-11-9(7-12)3-2-4-10(11)8-13/h2-4H,5-8,12H2,1H3. The van der Waals surface area contributed by atoms with Crippen LogP contribution >= 0.6 is 0 Å². The highest BCUT2D eigenvalue weighted by Crippen LogP contribution is 2.26. The minimum atomic E-state index is 0.548. The molecule has 0 aliphatic carbocycles. The molecule has 3 nitrogen and oxygen atoms in total. The van der Waals surface area contributed by atoms with Crippen molar-refractivity contribution in [3.63, 3.8) is 0 Å². The van der Waals surface area contributed by atoms with E-state index >= 15 is 0 Å². The maximum Gasteiger partial charge on any atom is 0.128 e. The number of fused-ring (bicyclic) bond motifs is 1. The highest BCUT2D eigenvalue weighted by Gasteiger charge is 2.14. The van der Waals surface area contributed by atoms with Gasteiger partial charge in [-0.05, 0) is 7.05 Å². The number of benzene rings is 1. The summed E-state index contributed by atoms with van der Waals surface area (Å²) in [6.07, 6.45) is 0. The summed E-state index contributed by atoms with van der Waals surface area (Å²) in [6.45, 7) is 3.22. The number of nitrogens with two attached hydrogens (primary N) is 1. The number of nitrogens with zero attached hydrogens (tertiary/aromatic N) is 1. The summed E-state index contributed by atoms with van der Waals surface area (Å²) in [6, 6.07) is 6.18. The van der Waals surface area contributed by atoms with Crippen LogP contribution in [0, 0.1) is 0 Å². The van der Waals surface area contributed by atoms with Crippen LogP contribution in [-0.2, 0) is 13.1 Å². The van der Waals surface area contributed by atoms with Crippen molar-refractivity contribution in [3.05, 3.63) is 29.3 Å². The Hall–Kier alpha value is -1.06. The van der Waals surface area contributed by atoms with E-state index in [2.05, 4.69) is 18.0 Å². The molecule has 0 atom stereocenters. The molecule has 0 spiro atoms. The fourth-order valence-electron chi connectivity index (χ4n) is 1.78. The van der Waals surface area contributed by atoms with Crippen LogP contribution in [0.5, 0.6) is 5.75 Å². The van der Waals surface area contributed by atoms with E-state index in [-0.39, 0.29) is 0 Å². The van der Waals surface area contributed by atoms with Crippen LogP contribution in [0.3, 0.4) is 0 Å². The Morgan fingerprint density at radius 1 is 1.50 bits per heavy atom. The summed E-state index contributed by atoms with van der Waals surface area (Å²) in [4.78, 5) is 2.26. The first-order chi connectivity index (χ1) is 6.81. The average Bonchev–Trinajstić information content (AvgIpc) is 2.37. The van der Waals surface area contributed by atoms with Crippen molar-refractivity contribution in [1.82, 2.24) is 4.90 Å². The van der Waals surface area contributed by atoms with Crippen molar-refractivity contribution in [2.45, 2.75) is 13.1 Å². The van der Waals surface area contributed by atoms with Gasteiger partial charge in [-0.1, -0.05) is 18.2 Å². The van der Waals surface area contributed by atoms with Gasteiger partial charge in [0.15, 0.2) is 0 Å². The van der Waals surface area contributed by atoms with E-state index in [4.69, 9.17) is 10.5 Å². The summed E-state index contributed by atoms with van der Waals surface area (Å²) in [5.41, 5.74) is 8.02. The molecule has 1 aliphatic heterocycles. The molecule has 0 fully saturated rings. The fraction of sp³-hybridized carbons (Fsp3) is 0.455. The van der Waals surface area contributed by atoms with Crippen LogP contribution in [0.4, 0.5) is 0 Å². The average molecular weight is 192 g/mol. The first kappa shape index (κ1) is 9.49. The number of rotatable bonds is 1. The third-order valence-electron chi connectivity index (χ3n) is 2.56. The molecule has 0 radical (unpaired) electrons. The molecule has 14 heavy (non-hydrogen) atoms. The van der Waals surface area contributed by atoms with Gasteiger partial charge >= 0.3 is 0 Å². The highest BCUT2D eigenvalue weighted by atomic mass is 16.5. The van der Waals surface area contributed by atoms with Gasteiger partial charge < -0.3 is 10.5 Å². The van der Waals surface area contributed by atoms with E-state index in [0.29, 0.717) is 6.54 Å². The monoisotopic (exact) mass is 192 g/mol. The van der Waals surface area contributed by atoms with E-state index in [9.17, 15) is 0 Å². The Labute approximate surface area is 84.5 Å². The molecular formula is C11H16N2O. The van der Waals surface area contributed by atoms with Crippen LogP contribution < -0.4 is 10.5 Å². The van der Waals surface area contributed by atoms with Gasteiger partial charge in [0, 0.05) is 30.8 Å². The number of hydrogen-bond acceptors (Lipinski definition) is 3. The van der Waals surface area contributed by atoms with E-state index in [0.717, 1.165) is 31.0 Å². The second-order valence-corrected chi connectivity index (χ2v) is 3.70. The molecule has 0 aromatic heterocycles. The van der Waals surface area contributed by atoms with Gasteiger partial charge in [0.05, 0.1) is 0 Å². The Balaban J connectivity index is 2.38. The second kappa shape index (κ2) is 3.98. The summed E-state index contributed by atoms with van der Waals surface area (Å²) < 4.78 is 5.72. The maximum atomic E-state index is 5.72. The predicted molar refractivity (Wildman–Crippen MR) is 56.2 cm³/mol. The number of ether oxygens (including phenoxy) is 1. The normalized spacial score (nSPS) is 17.0. The lowest BCUT2D eigenvalue weighted by Gasteiger charge is -2.12. The second-order valence-electron chi connectivity index (χ2n) is 3.70. The molecule has 1 aromatic carbocycles. The molecule has 0 saturated carbocycles. The number of para-hydroxylation sites is 1. The molecule has 2 rings (SSSR count). The van der Waals surface area contributed by atoms with Crippen molar-refractivity contribution in [2.75, 3.05) is 20.2 Å². The van der Waals surface area contributed by atoms with Crippen molar-refractivity contribution in [3.8, 4) is 5.75 Å². The molecule has 2 N–H and O–H groups in total. The molecule has 0 saturated heterocycles. The van der Waals surface area contributed by atoms with Crippen molar-refractivity contribution >= 4 is 0 Å². The first-order valence-corrected chi connectivity index (χ1v) is 4.93. The van der Waals surface area contributed by atoms with Crippen molar-refractivity contribution < 1.29 is 4.74 Å². The van der Waals surface area contributed by atoms with Crippen LogP contribution in [0.25, 0.3) is 0 Å². The molecule has 1 heterocycles. The summed E-state index contributed by atoms with van der Waals surface area (Å²) in [7, 11) is 2.10. The van der Waals surface area contributed by atoms with E-state index in [1.54, 1.807) is 0 Å². The molecule has 0 unspecified atom stereocenters. The van der Waals surface area contributed by atoms with Crippen LogP contribution in [-0.4, -0.2) is 25.1 Å². The van der Waals surface area contributed by atoms with E-state index < -0.39 is 0 Å². The zero-order valence-electron chi connectivity index (χ0n) is 8.49. The van der Waals surface area contributed by atoms with Crippen molar-refractivity contribution in [1.29, 1.82) is 0 Å². The minimum absolute atomic E-state index is 0.548. The molecular weight excluding hydrogens is 176 g/mol. The summed E-state index contributed by atoms with van der Waals surface area (Å²) in [5.74, 6) is 0.999. The van der Waals surface area contributed by atoms with Crippen LogP contribution in [0.2, 0.25) is 0 Å². The third kappa shape index (κ3) is 1.74. The van der Waals surface area contributed by atoms with Crippen LogP contribution in [0.15, 0.2) is 18.2 Å². The predicted octanol–water partition coefficient (Wildman–Crippen LogP) is 0.969. The van der Waals surface area contributed by atoms with Gasteiger partial charge in [0.2, 0.25) is 0 Å². The maximum absolute atomic E-state index is 5.72. The number of hydrogen-bond donors (Lipinski definition) is 1. The zero-order chi connectivity index (χ0) is 9.97. The lowest BCUT2D eigenvalue weighted by molar-refractivity contribution is 0.258. The van der Waals surface area contributed by atoms with Gasteiger partial charge in [-0.2, -0.15) is 0 Å². The minimum Gasteiger partial charge on any atom is -0.492 e. The third-order valence-corrected chi connectivity index (χ3v) is 2.56. The molecule has 0 bridgehead atoms. The highest BCUT2D eigenvalue weighted by molar-refractivity contribution is 5.41. The lowest BCUT2D eigenvalue weighted by Crippen LogP contribution is -2.20. The first-order valence-electron chi connectivity index (χ1n) is 4.93. The Bertz CT molecular complexity index is 325. The summed E-state index contributed by atoms with van der Waals surface area (Å²) >= 11 is 0. The Morgan fingerprint density at radius 3 is 3.14 bits per heavy atom. The smallest absolute Gasteiger partial charge is 0.128 e. The van der Waals surface area contributed by atoms with Gasteiger partial charge in [-0.15, -0.1) is 0 Å². The molecule has 1 aromatic rings. The number of likely N-dealkylation sites (N-methyl/N-ethyl adjacent to an activating group) is 1. The lowest BCUT2D eigenvalue weighted by atomic mass is 10.1. The molecule has 3 heteroatoms. The molecule has 1 aliphatic rings. The van der Waals surface area contributed by atoms with Gasteiger partial charge in [-0.25, -0.2) is 0 Å². The van der Waals surface area contributed by atoms with Gasteiger partial charge in [0.25, 0.3) is 0 Å². The topological polar surface area (TPSA) is 38.5 Å². The molecule has 0 amide bonds. The largest absolute Gasteiger partial charge is 0.492 e. The Kier molecular flexibility index (Phi) is 2.70. The Morgan fingerprint density at radius 2 is 2.36 bits per heavy atom. The SMILES string of the molecule is CN1CCOc2c(CN)cccc2C1. The quantitative estimate of drug-likeness (QED) is 0.720. The summed E-state index contributed by atoms with van der Waals surface area (Å²) in [5, 5.41) is 0. The van der Waals surface area contributed by atoms with E-state index in [1.165, 1.54) is 5.56 Å². The van der Waals surface area contributed by atoms with Crippen LogP contribution in [0.1, 0.15) is 11.1 Å². The van der Waals surface area contributed by atoms with Gasteiger partial charge in [0.1, 0.15) is 12.4 Å². The fourth-order valence-corrected chi connectivity index (χ4v) is 1.78. The zero-order valence-corrected chi connectivity index (χ0v) is 8.49. The van der Waals surface area contributed by atoms with Crippen molar-refractivity contribution in [2.24, 2.45) is 5.73 Å². The molecule has 76 valence electrons.